The van der Waals surface area contributed by atoms with E-state index in [2.05, 4.69) is 4.98 Å². The molecule has 21 heavy (non-hydrogen) atoms. The lowest BCUT2D eigenvalue weighted by Gasteiger charge is -2.03. The Morgan fingerprint density at radius 1 is 1.05 bits per heavy atom. The summed E-state index contributed by atoms with van der Waals surface area (Å²) in [5.74, 6) is -0.364. The number of nitrogens with zero attached hydrogens (tertiary/aromatic N) is 1. The third-order valence-electron chi connectivity index (χ3n) is 3.21. The van der Waals surface area contributed by atoms with Crippen LogP contribution in [0, 0.1) is 12.7 Å². The van der Waals surface area contributed by atoms with E-state index in [4.69, 9.17) is 0 Å². The molecule has 1 aromatic heterocycles. The number of hydrogen-bond acceptors (Lipinski definition) is 3. The van der Waals surface area contributed by atoms with E-state index < -0.39 is 0 Å². The smallest absolute Gasteiger partial charge is 0.205 e. The number of ketones is 1. The monoisotopic (exact) mass is 297 g/mol. The van der Waals surface area contributed by atoms with E-state index in [9.17, 15) is 9.18 Å². The zero-order valence-corrected chi connectivity index (χ0v) is 12.2. The second-order valence-electron chi connectivity index (χ2n) is 4.73. The summed E-state index contributed by atoms with van der Waals surface area (Å²) < 4.78 is 13.0. The maximum Gasteiger partial charge on any atom is 0.205 e. The molecule has 0 saturated carbocycles. The van der Waals surface area contributed by atoms with Crippen LogP contribution in [0.15, 0.2) is 54.0 Å². The van der Waals surface area contributed by atoms with Gasteiger partial charge in [-0.15, -0.1) is 11.3 Å². The first-order valence-corrected chi connectivity index (χ1v) is 7.34. The topological polar surface area (TPSA) is 30.0 Å². The van der Waals surface area contributed by atoms with E-state index in [1.54, 1.807) is 17.6 Å². The van der Waals surface area contributed by atoms with Crippen molar-refractivity contribution in [2.75, 3.05) is 0 Å². The van der Waals surface area contributed by atoms with Gasteiger partial charge in [-0.25, -0.2) is 9.37 Å². The summed E-state index contributed by atoms with van der Waals surface area (Å²) >= 11 is 1.30. The van der Waals surface area contributed by atoms with Crippen molar-refractivity contribution < 1.29 is 9.18 Å². The summed E-state index contributed by atoms with van der Waals surface area (Å²) in [6, 6.07) is 13.4. The molecule has 0 aliphatic carbocycles. The molecule has 3 rings (SSSR count). The number of carbonyl (C=O) groups is 1. The van der Waals surface area contributed by atoms with E-state index in [0.717, 1.165) is 11.1 Å². The molecular weight excluding hydrogens is 285 g/mol. The van der Waals surface area contributed by atoms with Crippen molar-refractivity contribution in [2.45, 2.75) is 6.92 Å². The van der Waals surface area contributed by atoms with Crippen molar-refractivity contribution >= 4 is 17.1 Å². The summed E-state index contributed by atoms with van der Waals surface area (Å²) in [5, 5.41) is 0. The fraction of sp³-hybridized carbons (Fsp3) is 0.0588. The largest absolute Gasteiger partial charge is 0.288 e. The molecule has 1 heterocycles. The minimum absolute atomic E-state index is 0.0585. The van der Waals surface area contributed by atoms with Crippen LogP contribution < -0.4 is 0 Å². The Labute approximate surface area is 125 Å². The van der Waals surface area contributed by atoms with E-state index in [-0.39, 0.29) is 11.6 Å². The van der Waals surface area contributed by atoms with E-state index in [1.165, 1.54) is 23.5 Å². The molecule has 0 aliphatic rings. The van der Waals surface area contributed by atoms with Crippen LogP contribution in [0.2, 0.25) is 0 Å². The number of aromatic nitrogens is 1. The molecule has 104 valence electrons. The Morgan fingerprint density at radius 2 is 1.71 bits per heavy atom. The van der Waals surface area contributed by atoms with Crippen LogP contribution in [-0.4, -0.2) is 10.8 Å². The van der Waals surface area contributed by atoms with Crippen LogP contribution in [0.5, 0.6) is 0 Å². The molecule has 0 unspecified atom stereocenters. The molecule has 0 saturated heterocycles. The predicted molar refractivity (Wildman–Crippen MR) is 82.1 cm³/mol. The minimum atomic E-state index is -0.305. The molecule has 2 nitrogen and oxygen atoms in total. The number of rotatable bonds is 3. The number of hydrogen-bond donors (Lipinski definition) is 0. The lowest BCUT2D eigenvalue weighted by atomic mass is 10.0. The standard InChI is InChI=1S/C17H12FNOS/c1-11-2-4-13(5-3-11)16(20)17-15(19-10-21-17)12-6-8-14(18)9-7-12/h2-10H,1H3. The number of aryl methyl sites for hydroxylation is 1. The molecule has 0 aliphatic heterocycles. The average Bonchev–Trinajstić information content (AvgIpc) is 2.97. The predicted octanol–water partition coefficient (Wildman–Crippen LogP) is 4.49. The maximum atomic E-state index is 13.0. The number of benzene rings is 2. The van der Waals surface area contributed by atoms with E-state index in [1.807, 2.05) is 31.2 Å². The average molecular weight is 297 g/mol. The zero-order chi connectivity index (χ0) is 14.8. The fourth-order valence-corrected chi connectivity index (χ4v) is 2.83. The van der Waals surface area contributed by atoms with Crippen LogP contribution in [0.1, 0.15) is 20.8 Å². The Balaban J connectivity index is 2.00. The molecule has 0 amide bonds. The van der Waals surface area contributed by atoms with Crippen molar-refractivity contribution in [1.82, 2.24) is 4.98 Å². The van der Waals surface area contributed by atoms with Gasteiger partial charge in [-0.1, -0.05) is 29.8 Å². The van der Waals surface area contributed by atoms with Gasteiger partial charge in [-0.05, 0) is 31.2 Å². The minimum Gasteiger partial charge on any atom is -0.288 e. The van der Waals surface area contributed by atoms with Gasteiger partial charge in [0, 0.05) is 11.1 Å². The Kier molecular flexibility index (Phi) is 3.62. The van der Waals surface area contributed by atoms with Gasteiger partial charge in [0.2, 0.25) is 5.78 Å². The van der Waals surface area contributed by atoms with Gasteiger partial charge in [-0.3, -0.25) is 4.79 Å². The second kappa shape index (κ2) is 5.58. The molecule has 2 aromatic carbocycles. The van der Waals surface area contributed by atoms with Crippen LogP contribution in [0.25, 0.3) is 11.3 Å². The third-order valence-corrected chi connectivity index (χ3v) is 4.03. The maximum absolute atomic E-state index is 13.0. The SMILES string of the molecule is Cc1ccc(C(=O)c2scnc2-c2ccc(F)cc2)cc1. The molecule has 4 heteroatoms. The third kappa shape index (κ3) is 2.76. The van der Waals surface area contributed by atoms with Gasteiger partial charge in [0.25, 0.3) is 0 Å². The zero-order valence-electron chi connectivity index (χ0n) is 11.3. The van der Waals surface area contributed by atoms with Gasteiger partial charge < -0.3 is 0 Å². The van der Waals surface area contributed by atoms with Crippen molar-refractivity contribution in [2.24, 2.45) is 0 Å². The number of thiazole rings is 1. The van der Waals surface area contributed by atoms with Gasteiger partial charge in [0.15, 0.2) is 0 Å². The second-order valence-corrected chi connectivity index (χ2v) is 5.59. The highest BCUT2D eigenvalue weighted by Gasteiger charge is 2.17. The van der Waals surface area contributed by atoms with E-state index >= 15 is 0 Å². The summed E-state index contributed by atoms with van der Waals surface area (Å²) in [4.78, 5) is 17.4. The quantitative estimate of drug-likeness (QED) is 0.667. The van der Waals surface area contributed by atoms with Crippen LogP contribution in [-0.2, 0) is 0 Å². The molecule has 0 fully saturated rings. The Morgan fingerprint density at radius 3 is 2.38 bits per heavy atom. The lowest BCUT2D eigenvalue weighted by Crippen LogP contribution is -2.00. The van der Waals surface area contributed by atoms with Crippen LogP contribution in [0.4, 0.5) is 4.39 Å². The first kappa shape index (κ1) is 13.6. The first-order chi connectivity index (χ1) is 10.1. The Hall–Kier alpha value is -2.33. The molecule has 0 radical (unpaired) electrons. The highest BCUT2D eigenvalue weighted by molar-refractivity contribution is 7.12. The van der Waals surface area contributed by atoms with Gasteiger partial charge in [0.1, 0.15) is 10.7 Å². The fourth-order valence-electron chi connectivity index (χ4n) is 2.06. The highest BCUT2D eigenvalue weighted by atomic mass is 32.1. The lowest BCUT2D eigenvalue weighted by molar-refractivity contribution is 0.104. The first-order valence-electron chi connectivity index (χ1n) is 6.46. The summed E-state index contributed by atoms with van der Waals surface area (Å²) in [5.41, 5.74) is 4.72. The molecule has 0 atom stereocenters. The summed E-state index contributed by atoms with van der Waals surface area (Å²) in [6.45, 7) is 1.98. The van der Waals surface area contributed by atoms with E-state index in [0.29, 0.717) is 16.1 Å². The summed E-state index contributed by atoms with van der Waals surface area (Å²) in [7, 11) is 0. The van der Waals surface area contributed by atoms with Gasteiger partial charge >= 0.3 is 0 Å². The van der Waals surface area contributed by atoms with Crippen LogP contribution >= 0.6 is 11.3 Å². The highest BCUT2D eigenvalue weighted by Crippen LogP contribution is 2.28. The van der Waals surface area contributed by atoms with Crippen molar-refractivity contribution in [3.63, 3.8) is 0 Å². The molecule has 0 N–H and O–H groups in total. The number of carbonyl (C=O) groups excluding carboxylic acids is 1. The summed E-state index contributed by atoms with van der Waals surface area (Å²) in [6.07, 6.45) is 0. The van der Waals surface area contributed by atoms with Crippen molar-refractivity contribution in [3.05, 3.63) is 75.9 Å². The molecular formula is C17H12FNOS. The normalized spacial score (nSPS) is 10.6. The molecule has 0 bridgehead atoms. The van der Waals surface area contributed by atoms with Gasteiger partial charge in [-0.2, -0.15) is 0 Å². The van der Waals surface area contributed by atoms with Crippen LogP contribution in [0.3, 0.4) is 0 Å². The van der Waals surface area contributed by atoms with Crippen molar-refractivity contribution in [3.8, 4) is 11.3 Å². The Bertz CT molecular complexity index is 775. The number of halogens is 1. The van der Waals surface area contributed by atoms with Gasteiger partial charge in [0.05, 0.1) is 11.2 Å². The van der Waals surface area contributed by atoms with Crippen molar-refractivity contribution in [1.29, 1.82) is 0 Å². The molecule has 0 spiro atoms. The molecule has 3 aromatic rings.